The van der Waals surface area contributed by atoms with Crippen molar-refractivity contribution in [2.45, 2.75) is 39.2 Å². The van der Waals surface area contributed by atoms with Crippen LogP contribution < -0.4 is 5.32 Å². The van der Waals surface area contributed by atoms with Crippen molar-refractivity contribution in [3.05, 3.63) is 29.6 Å². The van der Waals surface area contributed by atoms with Crippen LogP contribution in [0.2, 0.25) is 0 Å². The van der Waals surface area contributed by atoms with E-state index in [4.69, 9.17) is 4.98 Å². The standard InChI is InChI=1S/C15H21N3/c1-3-8-18-14-5-4-11(2)9-13(14)17-15(18)12-6-7-16-10-12/h4-5,9,12,16H,3,6-8,10H2,1-2H3. The van der Waals surface area contributed by atoms with E-state index in [1.165, 1.54) is 23.3 Å². The maximum absolute atomic E-state index is 4.90. The molecule has 1 aliphatic rings. The number of imidazole rings is 1. The van der Waals surface area contributed by atoms with Gasteiger partial charge in [0.25, 0.3) is 0 Å². The van der Waals surface area contributed by atoms with Crippen LogP contribution in [0.4, 0.5) is 0 Å². The number of hydrogen-bond donors (Lipinski definition) is 1. The number of nitrogens with one attached hydrogen (secondary N) is 1. The molecule has 1 fully saturated rings. The minimum atomic E-state index is 0.587. The van der Waals surface area contributed by atoms with E-state index in [-0.39, 0.29) is 0 Å². The van der Waals surface area contributed by atoms with Crippen molar-refractivity contribution in [3.63, 3.8) is 0 Å². The first-order valence-corrected chi connectivity index (χ1v) is 6.97. The van der Waals surface area contributed by atoms with Crippen LogP contribution in [0.5, 0.6) is 0 Å². The average molecular weight is 243 g/mol. The van der Waals surface area contributed by atoms with Gasteiger partial charge in [0, 0.05) is 19.0 Å². The van der Waals surface area contributed by atoms with Crippen molar-refractivity contribution in [1.29, 1.82) is 0 Å². The zero-order valence-corrected chi connectivity index (χ0v) is 11.2. The molecular formula is C15H21N3. The summed E-state index contributed by atoms with van der Waals surface area (Å²) in [6.07, 6.45) is 2.37. The first-order chi connectivity index (χ1) is 8.79. The van der Waals surface area contributed by atoms with E-state index in [9.17, 15) is 0 Å². The highest BCUT2D eigenvalue weighted by Crippen LogP contribution is 2.27. The Labute approximate surface area is 108 Å². The molecule has 1 unspecified atom stereocenters. The van der Waals surface area contributed by atoms with Crippen LogP contribution in [0.3, 0.4) is 0 Å². The van der Waals surface area contributed by atoms with Crippen LogP contribution >= 0.6 is 0 Å². The van der Waals surface area contributed by atoms with E-state index in [2.05, 4.69) is 41.9 Å². The van der Waals surface area contributed by atoms with E-state index in [1.807, 2.05) is 0 Å². The van der Waals surface area contributed by atoms with Crippen LogP contribution in [0.1, 0.15) is 37.1 Å². The molecule has 1 aromatic carbocycles. The summed E-state index contributed by atoms with van der Waals surface area (Å²) in [5.41, 5.74) is 3.74. The number of fused-ring (bicyclic) bond motifs is 1. The molecular weight excluding hydrogens is 222 g/mol. The monoisotopic (exact) mass is 243 g/mol. The molecule has 18 heavy (non-hydrogen) atoms. The number of nitrogens with zero attached hydrogens (tertiary/aromatic N) is 2. The Morgan fingerprint density at radius 3 is 3.06 bits per heavy atom. The molecule has 3 heteroatoms. The SMILES string of the molecule is CCCn1c(C2CCNC2)nc2cc(C)ccc21. The summed E-state index contributed by atoms with van der Waals surface area (Å²) in [7, 11) is 0. The Hall–Kier alpha value is -1.35. The number of aromatic nitrogens is 2. The minimum Gasteiger partial charge on any atom is -0.328 e. The Kier molecular flexibility index (Phi) is 3.08. The minimum absolute atomic E-state index is 0.587. The van der Waals surface area contributed by atoms with Crippen molar-refractivity contribution in [3.8, 4) is 0 Å². The molecule has 1 saturated heterocycles. The predicted molar refractivity (Wildman–Crippen MR) is 75.0 cm³/mol. The van der Waals surface area contributed by atoms with Gasteiger partial charge in [-0.3, -0.25) is 0 Å². The molecule has 0 radical (unpaired) electrons. The Morgan fingerprint density at radius 1 is 1.44 bits per heavy atom. The summed E-state index contributed by atoms with van der Waals surface area (Å²) in [6.45, 7) is 7.64. The molecule has 1 atom stereocenters. The van der Waals surface area contributed by atoms with Gasteiger partial charge in [0.05, 0.1) is 11.0 Å². The molecule has 0 bridgehead atoms. The molecule has 96 valence electrons. The maximum Gasteiger partial charge on any atom is 0.114 e. The summed E-state index contributed by atoms with van der Waals surface area (Å²) in [6, 6.07) is 6.61. The highest BCUT2D eigenvalue weighted by molar-refractivity contribution is 5.77. The number of aryl methyl sites for hydroxylation is 2. The topological polar surface area (TPSA) is 29.9 Å². The van der Waals surface area contributed by atoms with E-state index in [0.717, 1.165) is 31.6 Å². The number of benzene rings is 1. The van der Waals surface area contributed by atoms with Crippen molar-refractivity contribution < 1.29 is 0 Å². The number of rotatable bonds is 3. The van der Waals surface area contributed by atoms with Gasteiger partial charge in [0.2, 0.25) is 0 Å². The third-order valence-electron chi connectivity index (χ3n) is 3.81. The second-order valence-corrected chi connectivity index (χ2v) is 5.30. The first-order valence-electron chi connectivity index (χ1n) is 6.97. The van der Waals surface area contributed by atoms with Gasteiger partial charge in [-0.2, -0.15) is 0 Å². The zero-order valence-electron chi connectivity index (χ0n) is 11.2. The Bertz CT molecular complexity index is 550. The fraction of sp³-hybridized carbons (Fsp3) is 0.533. The van der Waals surface area contributed by atoms with Crippen molar-refractivity contribution in [1.82, 2.24) is 14.9 Å². The Morgan fingerprint density at radius 2 is 2.33 bits per heavy atom. The van der Waals surface area contributed by atoms with Crippen LogP contribution in [0.25, 0.3) is 11.0 Å². The molecule has 0 amide bonds. The van der Waals surface area contributed by atoms with Gasteiger partial charge in [-0.25, -0.2) is 4.98 Å². The van der Waals surface area contributed by atoms with Crippen molar-refractivity contribution >= 4 is 11.0 Å². The first kappa shape index (κ1) is 11.7. The largest absolute Gasteiger partial charge is 0.328 e. The molecule has 0 aliphatic carbocycles. The fourth-order valence-corrected chi connectivity index (χ4v) is 2.90. The summed E-state index contributed by atoms with van der Waals surface area (Å²) < 4.78 is 2.42. The molecule has 1 aromatic heterocycles. The quantitative estimate of drug-likeness (QED) is 0.898. The lowest BCUT2D eigenvalue weighted by Crippen LogP contribution is -2.12. The van der Waals surface area contributed by atoms with Crippen molar-refractivity contribution in [2.24, 2.45) is 0 Å². The smallest absolute Gasteiger partial charge is 0.114 e. The molecule has 2 heterocycles. The van der Waals surface area contributed by atoms with Gasteiger partial charge in [-0.15, -0.1) is 0 Å². The third kappa shape index (κ3) is 1.93. The lowest BCUT2D eigenvalue weighted by Gasteiger charge is -2.12. The summed E-state index contributed by atoms with van der Waals surface area (Å²) >= 11 is 0. The van der Waals surface area contributed by atoms with Gasteiger partial charge < -0.3 is 9.88 Å². The normalized spacial score (nSPS) is 19.8. The zero-order chi connectivity index (χ0) is 12.5. The maximum atomic E-state index is 4.90. The van der Waals surface area contributed by atoms with Gasteiger partial charge in [-0.05, 0) is 44.0 Å². The number of hydrogen-bond acceptors (Lipinski definition) is 2. The fourth-order valence-electron chi connectivity index (χ4n) is 2.90. The molecule has 3 rings (SSSR count). The van der Waals surface area contributed by atoms with Crippen molar-refractivity contribution in [2.75, 3.05) is 13.1 Å². The lowest BCUT2D eigenvalue weighted by atomic mass is 10.1. The molecule has 1 aliphatic heterocycles. The second-order valence-electron chi connectivity index (χ2n) is 5.30. The third-order valence-corrected chi connectivity index (χ3v) is 3.81. The summed E-state index contributed by atoms with van der Waals surface area (Å²) in [5, 5.41) is 3.44. The molecule has 0 spiro atoms. The highest BCUT2D eigenvalue weighted by Gasteiger charge is 2.23. The highest BCUT2D eigenvalue weighted by atomic mass is 15.1. The second kappa shape index (κ2) is 4.73. The van der Waals surface area contributed by atoms with E-state index >= 15 is 0 Å². The summed E-state index contributed by atoms with van der Waals surface area (Å²) in [5.74, 6) is 1.87. The van der Waals surface area contributed by atoms with Crippen LogP contribution in [0.15, 0.2) is 18.2 Å². The average Bonchev–Trinajstić information content (AvgIpc) is 2.97. The molecule has 0 saturated carbocycles. The lowest BCUT2D eigenvalue weighted by molar-refractivity contribution is 0.601. The van der Waals surface area contributed by atoms with Gasteiger partial charge in [0.1, 0.15) is 5.82 Å². The van der Waals surface area contributed by atoms with Crippen LogP contribution in [-0.4, -0.2) is 22.6 Å². The molecule has 1 N–H and O–H groups in total. The van der Waals surface area contributed by atoms with Gasteiger partial charge >= 0.3 is 0 Å². The van der Waals surface area contributed by atoms with Crippen LogP contribution in [0, 0.1) is 6.92 Å². The predicted octanol–water partition coefficient (Wildman–Crippen LogP) is 2.83. The van der Waals surface area contributed by atoms with E-state index in [1.54, 1.807) is 0 Å². The Balaban J connectivity index is 2.13. The van der Waals surface area contributed by atoms with Gasteiger partial charge in [0.15, 0.2) is 0 Å². The van der Waals surface area contributed by atoms with E-state index in [0.29, 0.717) is 5.92 Å². The van der Waals surface area contributed by atoms with E-state index < -0.39 is 0 Å². The van der Waals surface area contributed by atoms with Crippen LogP contribution in [-0.2, 0) is 6.54 Å². The summed E-state index contributed by atoms with van der Waals surface area (Å²) in [4.78, 5) is 4.90. The molecule has 3 nitrogen and oxygen atoms in total. The molecule has 2 aromatic rings. The van der Waals surface area contributed by atoms with Gasteiger partial charge in [-0.1, -0.05) is 13.0 Å².